The normalized spacial score (nSPS) is 11.7. The molecule has 21 nitrogen and oxygen atoms in total. The smallest absolute Gasteiger partial charge is 0.467 e. The van der Waals surface area contributed by atoms with Gasteiger partial charge >= 0.3 is 18.1 Å². The number of hydrogen-bond donors (Lipinski definition) is 4. The zero-order chi connectivity index (χ0) is 44.1. The number of aromatic amines is 1. The van der Waals surface area contributed by atoms with Gasteiger partial charge in [-0.15, -0.1) is 0 Å². The average Bonchev–Trinajstić information content (AvgIpc) is 3.22. The molecule has 0 unspecified atom stereocenters. The van der Waals surface area contributed by atoms with Crippen molar-refractivity contribution in [3.05, 3.63) is 62.5 Å². The second kappa shape index (κ2) is 24.6. The SMILES string of the molecule is COC(=O)[C@H](CCC(=O)NCCCOCCOCCOCCCN=[N+]=[N-])NC(=O)c1ccc(N(Cc2cnc3nc(NC(=O)C(C)C)[nH]c(=O)c3n2)C(=O)C(F)(F)F)cc1. The van der Waals surface area contributed by atoms with E-state index < -0.39 is 59.8 Å². The largest absolute Gasteiger partial charge is 0.471 e. The van der Waals surface area contributed by atoms with E-state index in [-0.39, 0.29) is 53.4 Å². The first-order valence-corrected chi connectivity index (χ1v) is 18.6. The molecule has 4 N–H and O–H groups in total. The summed E-state index contributed by atoms with van der Waals surface area (Å²) >= 11 is 0. The van der Waals surface area contributed by atoms with E-state index >= 15 is 0 Å². The number of fused-ring (bicyclic) bond motifs is 1. The number of hydrogen-bond acceptors (Lipinski definition) is 14. The fourth-order valence-electron chi connectivity index (χ4n) is 4.96. The fourth-order valence-corrected chi connectivity index (χ4v) is 4.96. The van der Waals surface area contributed by atoms with E-state index in [9.17, 15) is 41.9 Å². The van der Waals surface area contributed by atoms with E-state index in [1.54, 1.807) is 13.8 Å². The lowest BCUT2D eigenvalue weighted by molar-refractivity contribution is -0.170. The van der Waals surface area contributed by atoms with E-state index in [1.165, 1.54) is 0 Å². The molecule has 2 aromatic heterocycles. The number of benzene rings is 1. The third-order valence-corrected chi connectivity index (χ3v) is 8.08. The number of nitrogens with zero attached hydrogens (tertiary/aromatic N) is 7. The zero-order valence-electron chi connectivity index (χ0n) is 33.1. The summed E-state index contributed by atoms with van der Waals surface area (Å²) in [6, 6.07) is 3.12. The Kier molecular flexibility index (Phi) is 19.8. The van der Waals surface area contributed by atoms with Crippen molar-refractivity contribution in [1.29, 1.82) is 0 Å². The van der Waals surface area contributed by atoms with Gasteiger partial charge in [-0.2, -0.15) is 18.2 Å². The van der Waals surface area contributed by atoms with Crippen LogP contribution in [0, 0.1) is 5.92 Å². The Balaban J connectivity index is 1.52. The molecular weight excluding hydrogens is 803 g/mol. The molecule has 2 heterocycles. The lowest BCUT2D eigenvalue weighted by atomic mass is 10.1. The lowest BCUT2D eigenvalue weighted by Gasteiger charge is -2.24. The number of esters is 1. The molecule has 0 saturated carbocycles. The van der Waals surface area contributed by atoms with Crippen LogP contribution in [0.25, 0.3) is 21.6 Å². The number of aromatic nitrogens is 4. The summed E-state index contributed by atoms with van der Waals surface area (Å²) in [5.41, 5.74) is 6.16. The van der Waals surface area contributed by atoms with Gasteiger partial charge in [0.15, 0.2) is 11.2 Å². The molecule has 4 amide bonds. The number of carbonyl (C=O) groups is 5. The molecule has 24 heteroatoms. The van der Waals surface area contributed by atoms with Gasteiger partial charge in [-0.3, -0.25) is 39.2 Å². The molecule has 0 aliphatic heterocycles. The van der Waals surface area contributed by atoms with Gasteiger partial charge in [0.05, 0.1) is 52.0 Å². The summed E-state index contributed by atoms with van der Waals surface area (Å²) in [6.07, 6.45) is -3.50. The Morgan fingerprint density at radius 2 is 1.62 bits per heavy atom. The molecule has 3 rings (SSSR count). The first-order valence-electron chi connectivity index (χ1n) is 18.6. The highest BCUT2D eigenvalue weighted by molar-refractivity contribution is 5.99. The molecule has 0 aliphatic carbocycles. The maximum absolute atomic E-state index is 13.7. The second-order valence-electron chi connectivity index (χ2n) is 13.0. The minimum absolute atomic E-state index is 0.0994. The number of azide groups is 1. The van der Waals surface area contributed by atoms with Crippen molar-refractivity contribution in [2.45, 2.75) is 58.3 Å². The van der Waals surface area contributed by atoms with Gasteiger partial charge in [-0.1, -0.05) is 19.0 Å². The molecule has 0 spiro atoms. The maximum atomic E-state index is 13.7. The van der Waals surface area contributed by atoms with Crippen LogP contribution in [0.3, 0.4) is 0 Å². The third kappa shape index (κ3) is 16.2. The highest BCUT2D eigenvalue weighted by Crippen LogP contribution is 2.26. The number of ether oxygens (including phenoxy) is 4. The van der Waals surface area contributed by atoms with E-state index in [1.807, 2.05) is 0 Å². The predicted octanol–water partition coefficient (Wildman–Crippen LogP) is 2.71. The quantitative estimate of drug-likeness (QED) is 0.0314. The molecule has 1 atom stereocenters. The second-order valence-corrected chi connectivity index (χ2v) is 13.0. The molecule has 0 bridgehead atoms. The van der Waals surface area contributed by atoms with Gasteiger partial charge < -0.3 is 29.6 Å². The highest BCUT2D eigenvalue weighted by atomic mass is 19.4. The standard InChI is InChI=1S/C36H46F3N11O10/c1-22(2)30(52)47-35-46-29-28(32(54)48-35)44-24(20-42-29)21-50(34(56)36(37,38)39)25-8-6-23(7-9-25)31(53)45-26(33(55)57-3)10-11-27(51)41-12-4-14-58-16-18-60-19-17-59-15-5-13-43-49-40/h6-9,20,22,26H,4-5,10-19,21H2,1-3H3,(H,41,51)(H,45,53)(H2,42,46,47,48,52,54)/t26-/m0/s1. The van der Waals surface area contributed by atoms with E-state index in [2.05, 4.69) is 45.9 Å². The van der Waals surface area contributed by atoms with Crippen molar-refractivity contribution < 1.29 is 56.1 Å². The Bertz CT molecular complexity index is 2030. The number of anilines is 2. The Morgan fingerprint density at radius 3 is 2.23 bits per heavy atom. The summed E-state index contributed by atoms with van der Waals surface area (Å²) in [5.74, 6) is -5.44. The Labute approximate surface area is 340 Å². The van der Waals surface area contributed by atoms with Crippen LogP contribution >= 0.6 is 0 Å². The molecule has 0 fully saturated rings. The van der Waals surface area contributed by atoms with Gasteiger partial charge in [-0.05, 0) is 49.1 Å². The summed E-state index contributed by atoms with van der Waals surface area (Å²) in [4.78, 5) is 92.5. The minimum atomic E-state index is -5.33. The Hall–Kier alpha value is -6.23. The van der Waals surface area contributed by atoms with Crippen LogP contribution < -0.4 is 26.4 Å². The molecule has 0 saturated heterocycles. The van der Waals surface area contributed by atoms with E-state index in [0.717, 1.165) is 37.6 Å². The number of nitrogens with one attached hydrogen (secondary N) is 4. The monoisotopic (exact) mass is 849 g/mol. The van der Waals surface area contributed by atoms with Crippen molar-refractivity contribution in [3.63, 3.8) is 0 Å². The molecule has 0 aliphatic rings. The molecule has 1 aromatic carbocycles. The van der Waals surface area contributed by atoms with Gasteiger partial charge in [0.1, 0.15) is 6.04 Å². The summed E-state index contributed by atoms with van der Waals surface area (Å²) < 4.78 is 62.1. The fraction of sp³-hybridized carbons (Fsp3) is 0.528. The van der Waals surface area contributed by atoms with Crippen molar-refractivity contribution in [1.82, 2.24) is 30.6 Å². The first-order chi connectivity index (χ1) is 28.6. The number of H-pyrrole nitrogens is 1. The van der Waals surface area contributed by atoms with Crippen LogP contribution in [0.15, 0.2) is 40.4 Å². The molecule has 0 radical (unpaired) electrons. The van der Waals surface area contributed by atoms with Crippen molar-refractivity contribution in [3.8, 4) is 0 Å². The summed E-state index contributed by atoms with van der Waals surface area (Å²) in [6.45, 7) is 5.36. The third-order valence-electron chi connectivity index (χ3n) is 8.08. The van der Waals surface area contributed by atoms with Crippen LogP contribution in [0.5, 0.6) is 0 Å². The molecule has 3 aromatic rings. The van der Waals surface area contributed by atoms with Gasteiger partial charge in [0, 0.05) is 54.8 Å². The number of rotatable bonds is 25. The highest BCUT2D eigenvalue weighted by Gasteiger charge is 2.43. The predicted molar refractivity (Wildman–Crippen MR) is 206 cm³/mol. The zero-order valence-corrected chi connectivity index (χ0v) is 33.1. The van der Waals surface area contributed by atoms with Crippen LogP contribution in [0.4, 0.5) is 24.8 Å². The number of methoxy groups -OCH3 is 1. The minimum Gasteiger partial charge on any atom is -0.467 e. The van der Waals surface area contributed by atoms with Crippen molar-refractivity contribution in [2.75, 3.05) is 70.1 Å². The summed E-state index contributed by atoms with van der Waals surface area (Å²) in [7, 11) is 1.09. The Morgan fingerprint density at radius 1 is 0.967 bits per heavy atom. The number of carbonyl (C=O) groups excluding carboxylic acids is 5. The van der Waals surface area contributed by atoms with Crippen LogP contribution in [0.1, 0.15) is 55.6 Å². The van der Waals surface area contributed by atoms with Crippen molar-refractivity contribution in [2.24, 2.45) is 11.0 Å². The maximum Gasteiger partial charge on any atom is 0.471 e. The molecular formula is C36H46F3N11O10. The van der Waals surface area contributed by atoms with Crippen LogP contribution in [-0.2, 0) is 44.7 Å². The molecule has 60 heavy (non-hydrogen) atoms. The van der Waals surface area contributed by atoms with Gasteiger partial charge in [0.25, 0.3) is 11.5 Å². The molecule has 326 valence electrons. The van der Waals surface area contributed by atoms with E-state index in [0.29, 0.717) is 63.9 Å². The van der Waals surface area contributed by atoms with Crippen LogP contribution in [0.2, 0.25) is 0 Å². The first kappa shape index (κ1) is 48.1. The van der Waals surface area contributed by atoms with Gasteiger partial charge in [-0.25, -0.2) is 14.8 Å². The number of halogens is 3. The summed E-state index contributed by atoms with van der Waals surface area (Å²) in [5, 5.41) is 10.9. The number of amides is 4. The van der Waals surface area contributed by atoms with Gasteiger partial charge in [0.2, 0.25) is 17.8 Å². The lowest BCUT2D eigenvalue weighted by Crippen LogP contribution is -2.42. The average molecular weight is 850 g/mol. The number of alkyl halides is 3. The van der Waals surface area contributed by atoms with E-state index in [4.69, 9.17) is 24.5 Å². The topological polar surface area (TPSA) is 282 Å². The van der Waals surface area contributed by atoms with Crippen molar-refractivity contribution >= 4 is 52.4 Å². The van der Waals surface area contributed by atoms with Crippen LogP contribution in [-0.4, -0.2) is 122 Å².